The summed E-state index contributed by atoms with van der Waals surface area (Å²) < 4.78 is 0. The maximum atomic E-state index is 9.37. The molecule has 1 fully saturated rings. The molecular weight excluding hydrogens is 210 g/mol. The van der Waals surface area contributed by atoms with Crippen molar-refractivity contribution in [2.24, 2.45) is 0 Å². The molecule has 2 nitrogen and oxygen atoms in total. The van der Waals surface area contributed by atoms with Crippen LogP contribution in [0, 0.1) is 0 Å². The number of rotatable bonds is 3. The second-order valence-corrected chi connectivity index (χ2v) is 4.56. The first kappa shape index (κ1) is 10.9. The Hall–Kier alpha value is -0.570. The molecule has 1 N–H and O–H groups in total. The lowest BCUT2D eigenvalue weighted by Crippen LogP contribution is -2.24. The lowest BCUT2D eigenvalue weighted by molar-refractivity contribution is 0.177. The summed E-state index contributed by atoms with van der Waals surface area (Å²) in [5, 5.41) is 10.2. The van der Waals surface area contributed by atoms with Crippen molar-refractivity contribution in [2.45, 2.75) is 18.9 Å². The molecule has 0 aromatic heterocycles. The van der Waals surface area contributed by atoms with Gasteiger partial charge in [-0.25, -0.2) is 0 Å². The number of aliphatic hydroxyl groups excluding tert-OH is 1. The first-order valence-electron chi connectivity index (χ1n) is 5.39. The van der Waals surface area contributed by atoms with Crippen LogP contribution in [0.5, 0.6) is 0 Å². The van der Waals surface area contributed by atoms with E-state index < -0.39 is 0 Å². The van der Waals surface area contributed by atoms with Crippen LogP contribution in [0.3, 0.4) is 0 Å². The van der Waals surface area contributed by atoms with Gasteiger partial charge in [0.1, 0.15) is 0 Å². The Labute approximate surface area is 95.5 Å². The lowest BCUT2D eigenvalue weighted by atomic mass is 10.1. The molecule has 0 bridgehead atoms. The number of likely N-dealkylation sites (tertiary alicyclic amines) is 1. The molecule has 2 rings (SSSR count). The largest absolute Gasteiger partial charge is 0.392 e. The Morgan fingerprint density at radius 1 is 1.33 bits per heavy atom. The van der Waals surface area contributed by atoms with E-state index in [-0.39, 0.29) is 6.10 Å². The maximum Gasteiger partial charge on any atom is 0.0679 e. The number of β-amino-alcohol motifs (C(OH)–C–C–N with tert-alkyl or cyclic N) is 1. The van der Waals surface area contributed by atoms with Crippen LogP contribution in [0.2, 0.25) is 5.02 Å². The van der Waals surface area contributed by atoms with Crippen molar-refractivity contribution in [2.75, 3.05) is 19.6 Å². The van der Waals surface area contributed by atoms with Crippen molar-refractivity contribution >= 4 is 11.6 Å². The highest BCUT2D eigenvalue weighted by atomic mass is 35.5. The third kappa shape index (κ3) is 3.20. The summed E-state index contributed by atoms with van der Waals surface area (Å²) in [5.74, 6) is 0. The van der Waals surface area contributed by atoms with Crippen molar-refractivity contribution in [1.29, 1.82) is 0 Å². The van der Waals surface area contributed by atoms with E-state index in [9.17, 15) is 5.11 Å². The third-order valence-corrected chi connectivity index (χ3v) is 3.13. The van der Waals surface area contributed by atoms with Gasteiger partial charge in [0.25, 0.3) is 0 Å². The molecule has 1 heterocycles. The molecule has 0 radical (unpaired) electrons. The third-order valence-electron chi connectivity index (χ3n) is 2.88. The van der Waals surface area contributed by atoms with Gasteiger partial charge in [0.15, 0.2) is 0 Å². The Morgan fingerprint density at radius 3 is 2.67 bits per heavy atom. The SMILES string of the molecule is OC1CCN(CCc2ccc(Cl)cc2)C1. The molecule has 1 aromatic rings. The van der Waals surface area contributed by atoms with Gasteiger partial charge in [-0.15, -0.1) is 0 Å². The quantitative estimate of drug-likeness (QED) is 0.850. The smallest absolute Gasteiger partial charge is 0.0679 e. The van der Waals surface area contributed by atoms with Gasteiger partial charge in [0.2, 0.25) is 0 Å². The van der Waals surface area contributed by atoms with Gasteiger partial charge in [-0.05, 0) is 30.5 Å². The normalized spacial score (nSPS) is 22.1. The summed E-state index contributed by atoms with van der Waals surface area (Å²) in [4.78, 5) is 2.30. The summed E-state index contributed by atoms with van der Waals surface area (Å²) in [7, 11) is 0. The average molecular weight is 226 g/mol. The van der Waals surface area contributed by atoms with Gasteiger partial charge in [0, 0.05) is 24.7 Å². The Kier molecular flexibility index (Phi) is 3.62. The highest BCUT2D eigenvalue weighted by molar-refractivity contribution is 6.30. The zero-order chi connectivity index (χ0) is 10.7. The first-order valence-corrected chi connectivity index (χ1v) is 5.77. The maximum absolute atomic E-state index is 9.37. The predicted molar refractivity (Wildman–Crippen MR) is 62.2 cm³/mol. The van der Waals surface area contributed by atoms with Crippen LogP contribution in [-0.4, -0.2) is 35.7 Å². The number of hydrogen-bond donors (Lipinski definition) is 1. The van der Waals surface area contributed by atoms with E-state index in [0.29, 0.717) is 0 Å². The number of hydrogen-bond acceptors (Lipinski definition) is 2. The molecule has 1 unspecified atom stereocenters. The highest BCUT2D eigenvalue weighted by Gasteiger charge is 2.19. The summed E-state index contributed by atoms with van der Waals surface area (Å²) >= 11 is 5.81. The number of halogens is 1. The minimum Gasteiger partial charge on any atom is -0.392 e. The Balaban J connectivity index is 1.80. The first-order chi connectivity index (χ1) is 7.24. The molecule has 0 saturated carbocycles. The predicted octanol–water partition coefficient (Wildman–Crippen LogP) is 1.95. The summed E-state index contributed by atoms with van der Waals surface area (Å²) in [6.45, 7) is 2.88. The second kappa shape index (κ2) is 4.97. The van der Waals surface area contributed by atoms with Gasteiger partial charge in [-0.2, -0.15) is 0 Å². The van der Waals surface area contributed by atoms with E-state index in [2.05, 4.69) is 17.0 Å². The van der Waals surface area contributed by atoms with E-state index in [4.69, 9.17) is 11.6 Å². The van der Waals surface area contributed by atoms with E-state index in [1.807, 2.05) is 12.1 Å². The molecule has 0 spiro atoms. The number of nitrogens with zero attached hydrogens (tertiary/aromatic N) is 1. The zero-order valence-corrected chi connectivity index (χ0v) is 9.45. The Bertz CT molecular complexity index is 312. The van der Waals surface area contributed by atoms with E-state index in [1.54, 1.807) is 0 Å². The second-order valence-electron chi connectivity index (χ2n) is 4.12. The van der Waals surface area contributed by atoms with E-state index in [0.717, 1.165) is 37.5 Å². The van der Waals surface area contributed by atoms with Crippen molar-refractivity contribution in [3.8, 4) is 0 Å². The molecule has 1 aliphatic heterocycles. The molecule has 1 saturated heterocycles. The standard InChI is InChI=1S/C12H16ClNO/c13-11-3-1-10(2-4-11)5-7-14-8-6-12(15)9-14/h1-4,12,15H,5-9H2. The van der Waals surface area contributed by atoms with Gasteiger partial charge in [-0.3, -0.25) is 0 Å². The summed E-state index contributed by atoms with van der Waals surface area (Å²) in [5.41, 5.74) is 1.31. The Morgan fingerprint density at radius 2 is 2.07 bits per heavy atom. The van der Waals surface area contributed by atoms with Gasteiger partial charge < -0.3 is 10.0 Å². The highest BCUT2D eigenvalue weighted by Crippen LogP contribution is 2.12. The fraction of sp³-hybridized carbons (Fsp3) is 0.500. The van der Waals surface area contributed by atoms with Crippen LogP contribution in [0.1, 0.15) is 12.0 Å². The van der Waals surface area contributed by atoms with E-state index >= 15 is 0 Å². The fourth-order valence-electron chi connectivity index (χ4n) is 1.95. The van der Waals surface area contributed by atoms with E-state index in [1.165, 1.54) is 5.56 Å². The fourth-order valence-corrected chi connectivity index (χ4v) is 2.08. The topological polar surface area (TPSA) is 23.5 Å². The lowest BCUT2D eigenvalue weighted by Gasteiger charge is -2.14. The minimum absolute atomic E-state index is 0.116. The average Bonchev–Trinajstić information content (AvgIpc) is 2.64. The van der Waals surface area contributed by atoms with Crippen LogP contribution in [0.15, 0.2) is 24.3 Å². The number of aliphatic hydroxyl groups is 1. The molecule has 1 aliphatic rings. The van der Waals surface area contributed by atoms with Crippen LogP contribution in [0.4, 0.5) is 0 Å². The molecular formula is C12H16ClNO. The monoisotopic (exact) mass is 225 g/mol. The number of benzene rings is 1. The molecule has 0 aliphatic carbocycles. The van der Waals surface area contributed by atoms with Gasteiger partial charge in [-0.1, -0.05) is 23.7 Å². The molecule has 1 atom stereocenters. The van der Waals surface area contributed by atoms with Crippen molar-refractivity contribution in [1.82, 2.24) is 4.90 Å². The van der Waals surface area contributed by atoms with Crippen LogP contribution >= 0.6 is 11.6 Å². The van der Waals surface area contributed by atoms with Crippen LogP contribution < -0.4 is 0 Å². The van der Waals surface area contributed by atoms with Gasteiger partial charge in [0.05, 0.1) is 6.10 Å². The molecule has 82 valence electrons. The molecule has 3 heteroatoms. The van der Waals surface area contributed by atoms with Crippen molar-refractivity contribution in [3.05, 3.63) is 34.9 Å². The molecule has 1 aromatic carbocycles. The van der Waals surface area contributed by atoms with Crippen molar-refractivity contribution < 1.29 is 5.11 Å². The van der Waals surface area contributed by atoms with Crippen molar-refractivity contribution in [3.63, 3.8) is 0 Å². The van der Waals surface area contributed by atoms with Crippen LogP contribution in [0.25, 0.3) is 0 Å². The molecule has 0 amide bonds. The summed E-state index contributed by atoms with van der Waals surface area (Å²) in [6.07, 6.45) is 1.83. The zero-order valence-electron chi connectivity index (χ0n) is 8.69. The van der Waals surface area contributed by atoms with Crippen LogP contribution in [-0.2, 0) is 6.42 Å². The molecule has 15 heavy (non-hydrogen) atoms. The summed E-state index contributed by atoms with van der Waals surface area (Å²) in [6, 6.07) is 7.98. The minimum atomic E-state index is -0.116. The van der Waals surface area contributed by atoms with Gasteiger partial charge >= 0.3 is 0 Å².